The minimum Gasteiger partial charge on any atom is -0.469 e. The molecule has 0 aromatic carbocycles. The lowest BCUT2D eigenvalue weighted by Gasteiger charge is -2.36. The highest BCUT2D eigenvalue weighted by Crippen LogP contribution is 2.45. The van der Waals surface area contributed by atoms with Gasteiger partial charge in [0, 0.05) is 4.88 Å². The maximum atomic E-state index is 12.6. The van der Waals surface area contributed by atoms with Gasteiger partial charge in [-0.2, -0.15) is 0 Å². The van der Waals surface area contributed by atoms with Gasteiger partial charge in [-0.25, -0.2) is 4.79 Å². The SMILES string of the molecule is CCC(C)(C)C1CCc2c(sc(NC(=O)c3ccoc3C)c2C(=O)OC)C1. The fourth-order valence-electron chi connectivity index (χ4n) is 3.74. The van der Waals surface area contributed by atoms with Crippen molar-refractivity contribution in [1.82, 2.24) is 0 Å². The van der Waals surface area contributed by atoms with Crippen LogP contribution < -0.4 is 5.32 Å². The van der Waals surface area contributed by atoms with Gasteiger partial charge in [-0.05, 0) is 49.1 Å². The lowest BCUT2D eigenvalue weighted by atomic mass is 9.69. The molecular formula is C21H27NO4S. The van der Waals surface area contributed by atoms with E-state index in [-0.39, 0.29) is 17.3 Å². The smallest absolute Gasteiger partial charge is 0.341 e. The number of hydrogen-bond acceptors (Lipinski definition) is 5. The van der Waals surface area contributed by atoms with E-state index in [4.69, 9.17) is 9.15 Å². The standard InChI is InChI=1S/C21H27NO4S/c1-6-21(3,4)13-7-8-15-16(11-13)27-19(17(15)20(24)25-5)22-18(23)14-9-10-26-12(14)2/h9-10,13H,6-8,11H2,1-5H3,(H,22,23). The number of nitrogens with one attached hydrogen (secondary N) is 1. The number of fused-ring (bicyclic) bond motifs is 1. The second-order valence-corrected chi connectivity index (χ2v) is 8.93. The molecule has 1 unspecified atom stereocenters. The Balaban J connectivity index is 1.94. The number of esters is 1. The van der Waals surface area contributed by atoms with Crippen molar-refractivity contribution in [2.75, 3.05) is 12.4 Å². The highest BCUT2D eigenvalue weighted by molar-refractivity contribution is 7.17. The largest absolute Gasteiger partial charge is 0.469 e. The van der Waals surface area contributed by atoms with Gasteiger partial charge in [0.15, 0.2) is 0 Å². The third kappa shape index (κ3) is 3.68. The third-order valence-electron chi connectivity index (χ3n) is 6.00. The Morgan fingerprint density at radius 3 is 2.74 bits per heavy atom. The van der Waals surface area contributed by atoms with Crippen molar-refractivity contribution in [3.8, 4) is 0 Å². The van der Waals surface area contributed by atoms with E-state index in [1.54, 1.807) is 13.0 Å². The summed E-state index contributed by atoms with van der Waals surface area (Å²) in [5.74, 6) is 0.465. The van der Waals surface area contributed by atoms with Gasteiger partial charge in [0.25, 0.3) is 5.91 Å². The van der Waals surface area contributed by atoms with Crippen LogP contribution in [0.4, 0.5) is 5.00 Å². The van der Waals surface area contributed by atoms with Gasteiger partial charge in [0.05, 0.1) is 24.5 Å². The van der Waals surface area contributed by atoms with Crippen LogP contribution in [0.2, 0.25) is 0 Å². The number of anilines is 1. The van der Waals surface area contributed by atoms with Gasteiger partial charge in [-0.3, -0.25) is 4.79 Å². The summed E-state index contributed by atoms with van der Waals surface area (Å²) < 4.78 is 10.2. The number of thiophene rings is 1. The van der Waals surface area contributed by atoms with Gasteiger partial charge in [0.1, 0.15) is 10.8 Å². The quantitative estimate of drug-likeness (QED) is 0.711. The molecule has 0 radical (unpaired) electrons. The highest BCUT2D eigenvalue weighted by Gasteiger charge is 2.35. The molecule has 1 atom stereocenters. The first-order valence-corrected chi connectivity index (χ1v) is 10.2. The number of aryl methyl sites for hydroxylation is 1. The Bertz CT molecular complexity index is 862. The summed E-state index contributed by atoms with van der Waals surface area (Å²) in [5.41, 5.74) is 2.28. The zero-order valence-corrected chi connectivity index (χ0v) is 17.4. The summed E-state index contributed by atoms with van der Waals surface area (Å²) in [7, 11) is 1.38. The molecule has 0 spiro atoms. The summed E-state index contributed by atoms with van der Waals surface area (Å²) in [5, 5.41) is 3.49. The van der Waals surface area contributed by atoms with Gasteiger partial charge >= 0.3 is 5.97 Å². The number of methoxy groups -OCH3 is 1. The van der Waals surface area contributed by atoms with Gasteiger partial charge in [-0.15, -0.1) is 11.3 Å². The molecule has 1 amide bonds. The Kier molecular flexibility index (Phi) is 5.47. The molecule has 1 N–H and O–H groups in total. The maximum Gasteiger partial charge on any atom is 0.341 e. The van der Waals surface area contributed by atoms with Crippen molar-refractivity contribution in [1.29, 1.82) is 0 Å². The van der Waals surface area contributed by atoms with Crippen LogP contribution in [0.5, 0.6) is 0 Å². The molecule has 0 aliphatic heterocycles. The Labute approximate surface area is 164 Å². The maximum absolute atomic E-state index is 12.6. The van der Waals surface area contributed by atoms with Crippen LogP contribution in [0.1, 0.15) is 70.5 Å². The summed E-state index contributed by atoms with van der Waals surface area (Å²) in [4.78, 5) is 26.3. The minimum absolute atomic E-state index is 0.254. The number of amides is 1. The zero-order chi connectivity index (χ0) is 19.8. The second-order valence-electron chi connectivity index (χ2n) is 7.83. The average Bonchev–Trinajstić information content (AvgIpc) is 3.23. The molecule has 0 bridgehead atoms. The molecule has 6 heteroatoms. The molecule has 1 aliphatic carbocycles. The summed E-state index contributed by atoms with van der Waals surface area (Å²) in [6.45, 7) is 8.58. The van der Waals surface area contributed by atoms with Gasteiger partial charge < -0.3 is 14.5 Å². The summed E-state index contributed by atoms with van der Waals surface area (Å²) >= 11 is 1.50. The molecule has 5 nitrogen and oxygen atoms in total. The molecule has 2 heterocycles. The lowest BCUT2D eigenvalue weighted by molar-refractivity contribution is 0.0600. The van der Waals surface area contributed by atoms with Crippen molar-refractivity contribution in [3.05, 3.63) is 39.7 Å². The van der Waals surface area contributed by atoms with E-state index in [1.165, 1.54) is 29.6 Å². The molecule has 0 saturated heterocycles. The Morgan fingerprint density at radius 1 is 1.41 bits per heavy atom. The van der Waals surface area contributed by atoms with Crippen LogP contribution in [0.25, 0.3) is 0 Å². The van der Waals surface area contributed by atoms with Crippen LogP contribution in [0, 0.1) is 18.3 Å². The molecule has 1 aliphatic rings. The number of ether oxygens (including phenoxy) is 1. The van der Waals surface area contributed by atoms with Crippen LogP contribution in [-0.4, -0.2) is 19.0 Å². The van der Waals surface area contributed by atoms with Crippen LogP contribution >= 0.6 is 11.3 Å². The van der Waals surface area contributed by atoms with E-state index in [1.807, 2.05) is 0 Å². The number of hydrogen-bond donors (Lipinski definition) is 1. The summed E-state index contributed by atoms with van der Waals surface area (Å²) in [6.07, 6.45) is 5.42. The van der Waals surface area contributed by atoms with Crippen molar-refractivity contribution in [2.45, 2.75) is 53.4 Å². The van der Waals surface area contributed by atoms with Crippen LogP contribution in [0.15, 0.2) is 16.7 Å². The zero-order valence-electron chi connectivity index (χ0n) is 16.6. The van der Waals surface area contributed by atoms with Crippen molar-refractivity contribution in [3.63, 3.8) is 0 Å². The van der Waals surface area contributed by atoms with E-state index >= 15 is 0 Å². The fraction of sp³-hybridized carbons (Fsp3) is 0.524. The topological polar surface area (TPSA) is 68.5 Å². The lowest BCUT2D eigenvalue weighted by Crippen LogP contribution is -2.28. The van der Waals surface area contributed by atoms with E-state index in [0.717, 1.165) is 31.2 Å². The van der Waals surface area contributed by atoms with Crippen molar-refractivity contribution >= 4 is 28.2 Å². The summed E-state index contributed by atoms with van der Waals surface area (Å²) in [6, 6.07) is 1.63. The molecule has 27 heavy (non-hydrogen) atoms. The van der Waals surface area contributed by atoms with E-state index in [2.05, 4.69) is 26.1 Å². The molecule has 3 rings (SSSR count). The first-order valence-electron chi connectivity index (χ1n) is 9.36. The van der Waals surface area contributed by atoms with E-state index in [9.17, 15) is 9.59 Å². The van der Waals surface area contributed by atoms with Crippen molar-refractivity contribution in [2.24, 2.45) is 11.3 Å². The first-order chi connectivity index (χ1) is 12.8. The molecular weight excluding hydrogens is 362 g/mol. The molecule has 0 saturated carbocycles. The van der Waals surface area contributed by atoms with Crippen LogP contribution in [-0.2, 0) is 17.6 Å². The predicted molar refractivity (Wildman–Crippen MR) is 107 cm³/mol. The average molecular weight is 390 g/mol. The molecule has 2 aromatic heterocycles. The molecule has 146 valence electrons. The second kappa shape index (κ2) is 7.50. The van der Waals surface area contributed by atoms with Gasteiger partial charge in [0.2, 0.25) is 0 Å². The molecule has 2 aromatic rings. The predicted octanol–water partition coefficient (Wildman–Crippen LogP) is 5.23. The van der Waals surface area contributed by atoms with Crippen LogP contribution in [0.3, 0.4) is 0 Å². The molecule has 0 fully saturated rings. The Hall–Kier alpha value is -2.08. The fourth-order valence-corrected chi connectivity index (χ4v) is 5.05. The monoisotopic (exact) mass is 389 g/mol. The Morgan fingerprint density at radius 2 is 2.15 bits per heavy atom. The van der Waals surface area contributed by atoms with Crippen molar-refractivity contribution < 1.29 is 18.7 Å². The number of rotatable bonds is 5. The van der Waals surface area contributed by atoms with E-state index in [0.29, 0.717) is 27.8 Å². The third-order valence-corrected chi connectivity index (χ3v) is 7.17. The minimum atomic E-state index is -0.389. The number of furan rings is 1. The van der Waals surface area contributed by atoms with Gasteiger partial charge in [-0.1, -0.05) is 27.2 Å². The number of carbonyl (C=O) groups is 2. The van der Waals surface area contributed by atoms with E-state index < -0.39 is 0 Å². The normalized spacial score (nSPS) is 16.7. The highest BCUT2D eigenvalue weighted by atomic mass is 32.1. The number of carbonyl (C=O) groups excluding carboxylic acids is 2. The first kappa shape index (κ1) is 19.7.